The molecular weight excluding hydrogens is 208 g/mol. The van der Waals surface area contributed by atoms with E-state index in [9.17, 15) is 5.11 Å². The van der Waals surface area contributed by atoms with Gasteiger partial charge in [-0.15, -0.1) is 0 Å². The highest BCUT2D eigenvalue weighted by Crippen LogP contribution is 2.24. The largest absolute Gasteiger partial charge is 0.392 e. The van der Waals surface area contributed by atoms with Gasteiger partial charge in [0.05, 0.1) is 12.1 Å². The average molecular weight is 224 g/mol. The normalized spacial score (nSPS) is 30.2. The number of β-amino-alcohol motifs (C(OH)–C–C–N with tert-alkyl or cyclic N) is 1. The van der Waals surface area contributed by atoms with Crippen molar-refractivity contribution in [2.45, 2.75) is 31.4 Å². The number of aromatic nitrogens is 2. The third kappa shape index (κ3) is 1.78. The van der Waals surface area contributed by atoms with Gasteiger partial charge >= 0.3 is 0 Å². The molecule has 6 heteroatoms. The monoisotopic (exact) mass is 224 g/mol. The molecule has 0 spiro atoms. The van der Waals surface area contributed by atoms with Gasteiger partial charge in [-0.3, -0.25) is 0 Å². The second-order valence-corrected chi connectivity index (χ2v) is 4.48. The molecule has 0 bridgehead atoms. The molecule has 0 aromatic carbocycles. The Morgan fingerprint density at radius 3 is 2.88 bits per heavy atom. The van der Waals surface area contributed by atoms with Crippen LogP contribution in [-0.2, 0) is 0 Å². The maximum absolute atomic E-state index is 9.42. The topological polar surface area (TPSA) is 74.4 Å². The molecule has 2 aliphatic rings. The van der Waals surface area contributed by atoms with Crippen LogP contribution in [0.2, 0.25) is 0 Å². The molecule has 3 rings (SSSR count). The van der Waals surface area contributed by atoms with Gasteiger partial charge in [0.15, 0.2) is 0 Å². The Bertz CT molecular complexity index is 361. The number of rotatable bonds is 2. The fourth-order valence-electron chi connectivity index (χ4n) is 2.32. The number of nitrogens with one attached hydrogen (secondary N) is 1. The van der Waals surface area contributed by atoms with Crippen molar-refractivity contribution in [1.82, 2.24) is 15.5 Å². The van der Waals surface area contributed by atoms with Crippen molar-refractivity contribution in [1.29, 1.82) is 0 Å². The lowest BCUT2D eigenvalue weighted by atomic mass is 10.2. The SMILES string of the molecule is OC1CN[C@H](c2nc(N3CCCC3)no2)C1. The maximum Gasteiger partial charge on any atom is 0.266 e. The molecule has 2 aliphatic heterocycles. The molecule has 0 saturated carbocycles. The summed E-state index contributed by atoms with van der Waals surface area (Å²) in [6.45, 7) is 2.63. The molecule has 88 valence electrons. The van der Waals surface area contributed by atoms with Gasteiger partial charge in [-0.2, -0.15) is 4.98 Å². The number of aliphatic hydroxyl groups excluding tert-OH is 1. The van der Waals surface area contributed by atoms with Gasteiger partial charge in [0.25, 0.3) is 5.95 Å². The average Bonchev–Trinajstić information content (AvgIpc) is 2.97. The molecule has 2 N–H and O–H groups in total. The summed E-state index contributed by atoms with van der Waals surface area (Å²) >= 11 is 0. The molecule has 1 unspecified atom stereocenters. The van der Waals surface area contributed by atoms with E-state index in [-0.39, 0.29) is 12.1 Å². The highest BCUT2D eigenvalue weighted by molar-refractivity contribution is 5.29. The molecule has 2 fully saturated rings. The smallest absolute Gasteiger partial charge is 0.266 e. The van der Waals surface area contributed by atoms with Crippen molar-refractivity contribution in [3.63, 3.8) is 0 Å². The lowest BCUT2D eigenvalue weighted by molar-refractivity contribution is 0.191. The molecule has 3 heterocycles. The summed E-state index contributed by atoms with van der Waals surface area (Å²) < 4.78 is 5.23. The van der Waals surface area contributed by atoms with E-state index in [1.807, 2.05) is 0 Å². The Labute approximate surface area is 93.6 Å². The Hall–Kier alpha value is -1.14. The van der Waals surface area contributed by atoms with Crippen molar-refractivity contribution >= 4 is 5.95 Å². The predicted octanol–water partition coefficient (Wildman–Crippen LogP) is 0.0651. The highest BCUT2D eigenvalue weighted by Gasteiger charge is 2.29. The van der Waals surface area contributed by atoms with Crippen LogP contribution in [0.3, 0.4) is 0 Å². The molecule has 6 nitrogen and oxygen atoms in total. The third-order valence-corrected chi connectivity index (χ3v) is 3.23. The minimum Gasteiger partial charge on any atom is -0.392 e. The molecule has 1 aromatic heterocycles. The first kappa shape index (κ1) is 10.0. The predicted molar refractivity (Wildman–Crippen MR) is 57.1 cm³/mol. The van der Waals surface area contributed by atoms with E-state index in [0.717, 1.165) is 13.1 Å². The van der Waals surface area contributed by atoms with Crippen LogP contribution in [0, 0.1) is 0 Å². The van der Waals surface area contributed by atoms with E-state index >= 15 is 0 Å². The van der Waals surface area contributed by atoms with Crippen LogP contribution >= 0.6 is 0 Å². The molecule has 0 aliphatic carbocycles. The van der Waals surface area contributed by atoms with E-state index in [4.69, 9.17) is 4.52 Å². The zero-order valence-electron chi connectivity index (χ0n) is 9.09. The first-order chi connectivity index (χ1) is 7.83. The number of hydrogen-bond donors (Lipinski definition) is 2. The van der Waals surface area contributed by atoms with E-state index in [1.165, 1.54) is 12.8 Å². The van der Waals surface area contributed by atoms with E-state index in [2.05, 4.69) is 20.4 Å². The lowest BCUT2D eigenvalue weighted by Crippen LogP contribution is -2.19. The van der Waals surface area contributed by atoms with Crippen LogP contribution in [0.4, 0.5) is 5.95 Å². The first-order valence-corrected chi connectivity index (χ1v) is 5.83. The van der Waals surface area contributed by atoms with Crippen LogP contribution in [0.25, 0.3) is 0 Å². The molecule has 16 heavy (non-hydrogen) atoms. The Balaban J connectivity index is 1.72. The van der Waals surface area contributed by atoms with Crippen molar-refractivity contribution in [2.75, 3.05) is 24.5 Å². The highest BCUT2D eigenvalue weighted by atomic mass is 16.5. The van der Waals surface area contributed by atoms with Gasteiger partial charge in [-0.05, 0) is 24.4 Å². The zero-order valence-corrected chi connectivity index (χ0v) is 9.09. The molecule has 0 radical (unpaired) electrons. The first-order valence-electron chi connectivity index (χ1n) is 5.83. The lowest BCUT2D eigenvalue weighted by Gasteiger charge is -2.10. The standard InChI is InChI=1S/C10H16N4O2/c15-7-5-8(11-6-7)9-12-10(13-16-9)14-3-1-2-4-14/h7-8,11,15H,1-6H2/t7?,8-/m0/s1. The van der Waals surface area contributed by atoms with Gasteiger partial charge < -0.3 is 19.8 Å². The van der Waals surface area contributed by atoms with Crippen LogP contribution in [0.5, 0.6) is 0 Å². The summed E-state index contributed by atoms with van der Waals surface area (Å²) in [7, 11) is 0. The molecule has 2 atom stereocenters. The fourth-order valence-corrected chi connectivity index (χ4v) is 2.32. The Morgan fingerprint density at radius 1 is 1.38 bits per heavy atom. The Kier molecular flexibility index (Phi) is 2.53. The van der Waals surface area contributed by atoms with E-state index in [0.29, 0.717) is 24.8 Å². The van der Waals surface area contributed by atoms with Crippen molar-refractivity contribution in [3.8, 4) is 0 Å². The number of hydrogen-bond acceptors (Lipinski definition) is 6. The Morgan fingerprint density at radius 2 is 2.19 bits per heavy atom. The summed E-state index contributed by atoms with van der Waals surface area (Å²) in [6.07, 6.45) is 2.75. The van der Waals surface area contributed by atoms with Gasteiger partial charge in [0.2, 0.25) is 5.89 Å². The quantitative estimate of drug-likeness (QED) is 0.740. The van der Waals surface area contributed by atoms with E-state index in [1.54, 1.807) is 0 Å². The summed E-state index contributed by atoms with van der Waals surface area (Å²) in [5.41, 5.74) is 0. The van der Waals surface area contributed by atoms with E-state index < -0.39 is 0 Å². The van der Waals surface area contributed by atoms with Gasteiger partial charge in [0.1, 0.15) is 0 Å². The number of anilines is 1. The van der Waals surface area contributed by atoms with Crippen molar-refractivity contribution < 1.29 is 9.63 Å². The maximum atomic E-state index is 9.42. The van der Waals surface area contributed by atoms with Crippen molar-refractivity contribution in [3.05, 3.63) is 5.89 Å². The zero-order chi connectivity index (χ0) is 11.0. The second kappa shape index (κ2) is 4.03. The fraction of sp³-hybridized carbons (Fsp3) is 0.800. The van der Waals surface area contributed by atoms with Crippen LogP contribution < -0.4 is 10.2 Å². The van der Waals surface area contributed by atoms with Crippen molar-refractivity contribution in [2.24, 2.45) is 0 Å². The summed E-state index contributed by atoms with van der Waals surface area (Å²) in [5, 5.41) is 16.6. The minimum atomic E-state index is -0.299. The minimum absolute atomic E-state index is 0.0128. The number of nitrogens with zero attached hydrogens (tertiary/aromatic N) is 3. The third-order valence-electron chi connectivity index (χ3n) is 3.23. The van der Waals surface area contributed by atoms with Gasteiger partial charge in [0, 0.05) is 19.6 Å². The molecular formula is C10H16N4O2. The summed E-state index contributed by atoms with van der Waals surface area (Å²) in [5.74, 6) is 1.29. The number of aliphatic hydroxyl groups is 1. The van der Waals surface area contributed by atoms with Gasteiger partial charge in [-0.25, -0.2) is 0 Å². The molecule has 1 aromatic rings. The van der Waals surface area contributed by atoms with Crippen LogP contribution in [0.1, 0.15) is 31.2 Å². The molecule has 0 amide bonds. The molecule has 2 saturated heterocycles. The van der Waals surface area contributed by atoms with Crippen LogP contribution in [-0.4, -0.2) is 41.0 Å². The summed E-state index contributed by atoms with van der Waals surface area (Å²) in [6, 6.07) is 0.0128. The summed E-state index contributed by atoms with van der Waals surface area (Å²) in [4.78, 5) is 6.52. The van der Waals surface area contributed by atoms with Crippen LogP contribution in [0.15, 0.2) is 4.52 Å². The second-order valence-electron chi connectivity index (χ2n) is 4.48. The van der Waals surface area contributed by atoms with Gasteiger partial charge in [-0.1, -0.05) is 0 Å².